The molecule has 7 nitrogen and oxygen atoms in total. The van der Waals surface area contributed by atoms with Crippen LogP contribution in [0.3, 0.4) is 0 Å². The summed E-state index contributed by atoms with van der Waals surface area (Å²) in [5.74, 6) is 1.54. The standard InChI is InChI=1S/C17H20N6OS/c1-25-10-8-13(16-22-20-14-7-2-3-9-23(14)16)18-17(24)15-11-5-4-6-12(11)19-21-15/h2-3,7,9,13H,4-6,8,10H2,1H3,(H,18,24)(H,19,21)/t13-/m0/s1. The van der Waals surface area contributed by atoms with E-state index in [0.717, 1.165) is 54.2 Å². The smallest absolute Gasteiger partial charge is 0.272 e. The van der Waals surface area contributed by atoms with E-state index >= 15 is 0 Å². The Hall–Kier alpha value is -2.35. The van der Waals surface area contributed by atoms with Crippen LogP contribution in [0.4, 0.5) is 0 Å². The van der Waals surface area contributed by atoms with Crippen LogP contribution in [-0.2, 0) is 12.8 Å². The number of nitrogens with one attached hydrogen (secondary N) is 2. The summed E-state index contributed by atoms with van der Waals surface area (Å²) in [6, 6.07) is 5.57. The summed E-state index contributed by atoms with van der Waals surface area (Å²) < 4.78 is 1.93. The molecule has 1 amide bonds. The van der Waals surface area contributed by atoms with Crippen molar-refractivity contribution in [2.45, 2.75) is 31.7 Å². The summed E-state index contributed by atoms with van der Waals surface area (Å²) in [5.41, 5.74) is 3.46. The Morgan fingerprint density at radius 1 is 1.40 bits per heavy atom. The Bertz CT molecular complexity index is 902. The maximum atomic E-state index is 12.8. The summed E-state index contributed by atoms with van der Waals surface area (Å²) in [6.07, 6.45) is 7.73. The summed E-state index contributed by atoms with van der Waals surface area (Å²) in [7, 11) is 0. The zero-order chi connectivity index (χ0) is 17.2. The van der Waals surface area contributed by atoms with Crippen LogP contribution in [0.15, 0.2) is 24.4 Å². The van der Waals surface area contributed by atoms with Crippen LogP contribution in [0.25, 0.3) is 5.65 Å². The van der Waals surface area contributed by atoms with Crippen molar-refractivity contribution in [1.29, 1.82) is 0 Å². The van der Waals surface area contributed by atoms with Crippen LogP contribution in [-0.4, -0.2) is 42.7 Å². The number of H-pyrrole nitrogens is 1. The third-order valence-electron chi connectivity index (χ3n) is 4.59. The summed E-state index contributed by atoms with van der Waals surface area (Å²) in [4.78, 5) is 12.8. The number of hydrogen-bond donors (Lipinski definition) is 2. The van der Waals surface area contributed by atoms with E-state index in [0.29, 0.717) is 5.69 Å². The minimum absolute atomic E-state index is 0.141. The first-order valence-corrected chi connectivity index (χ1v) is 9.83. The number of nitrogens with zero attached hydrogens (tertiary/aromatic N) is 4. The number of carbonyl (C=O) groups is 1. The van der Waals surface area contributed by atoms with Crippen molar-refractivity contribution < 1.29 is 4.79 Å². The van der Waals surface area contributed by atoms with Gasteiger partial charge in [-0.25, -0.2) is 0 Å². The maximum Gasteiger partial charge on any atom is 0.272 e. The molecule has 3 aromatic rings. The monoisotopic (exact) mass is 356 g/mol. The molecule has 0 aliphatic heterocycles. The van der Waals surface area contributed by atoms with Gasteiger partial charge in [0.2, 0.25) is 0 Å². The molecule has 3 heterocycles. The van der Waals surface area contributed by atoms with E-state index in [1.807, 2.05) is 28.8 Å². The van der Waals surface area contributed by atoms with Crippen LogP contribution in [0.2, 0.25) is 0 Å². The van der Waals surface area contributed by atoms with Crippen molar-refractivity contribution in [2.75, 3.05) is 12.0 Å². The van der Waals surface area contributed by atoms with Gasteiger partial charge in [-0.05, 0) is 49.8 Å². The summed E-state index contributed by atoms with van der Waals surface area (Å²) in [6.45, 7) is 0. The molecule has 0 fully saturated rings. The van der Waals surface area contributed by atoms with E-state index in [9.17, 15) is 4.79 Å². The Kier molecular flexibility index (Phi) is 4.44. The molecule has 25 heavy (non-hydrogen) atoms. The normalized spacial score (nSPS) is 14.6. The van der Waals surface area contributed by atoms with E-state index in [1.54, 1.807) is 11.8 Å². The second-order valence-corrected chi connectivity index (χ2v) is 7.16. The summed E-state index contributed by atoms with van der Waals surface area (Å²) >= 11 is 1.75. The number of rotatable bonds is 6. The van der Waals surface area contributed by atoms with E-state index in [4.69, 9.17) is 0 Å². The molecule has 0 saturated carbocycles. The molecule has 1 aliphatic rings. The third kappa shape index (κ3) is 3.02. The largest absolute Gasteiger partial charge is 0.341 e. The van der Waals surface area contributed by atoms with Gasteiger partial charge < -0.3 is 5.32 Å². The fraction of sp³-hybridized carbons (Fsp3) is 0.412. The highest BCUT2D eigenvalue weighted by atomic mass is 32.2. The molecule has 130 valence electrons. The second kappa shape index (κ2) is 6.87. The molecule has 0 radical (unpaired) electrons. The van der Waals surface area contributed by atoms with Gasteiger partial charge in [-0.2, -0.15) is 16.9 Å². The number of hydrogen-bond acceptors (Lipinski definition) is 5. The molecule has 2 N–H and O–H groups in total. The van der Waals surface area contributed by atoms with Crippen molar-refractivity contribution in [2.24, 2.45) is 0 Å². The van der Waals surface area contributed by atoms with E-state index in [-0.39, 0.29) is 11.9 Å². The fourth-order valence-corrected chi connectivity index (χ4v) is 3.80. The van der Waals surface area contributed by atoms with Crippen LogP contribution in [0.1, 0.15) is 46.5 Å². The quantitative estimate of drug-likeness (QED) is 0.707. The highest BCUT2D eigenvalue weighted by molar-refractivity contribution is 7.98. The van der Waals surface area contributed by atoms with Gasteiger partial charge in [-0.3, -0.25) is 14.3 Å². The highest BCUT2D eigenvalue weighted by Crippen LogP contribution is 2.24. The van der Waals surface area contributed by atoms with Gasteiger partial charge in [-0.1, -0.05) is 6.07 Å². The van der Waals surface area contributed by atoms with Crippen LogP contribution in [0.5, 0.6) is 0 Å². The second-order valence-electron chi connectivity index (χ2n) is 6.18. The fourth-order valence-electron chi connectivity index (χ4n) is 3.33. The SMILES string of the molecule is CSCC[C@H](NC(=O)c1n[nH]c2c1CCC2)c1nnc2ccccn12. The molecule has 0 saturated heterocycles. The molecule has 8 heteroatoms. The lowest BCUT2D eigenvalue weighted by Crippen LogP contribution is -2.31. The first-order chi connectivity index (χ1) is 12.3. The van der Waals surface area contributed by atoms with Crippen LogP contribution >= 0.6 is 11.8 Å². The Balaban J connectivity index is 1.62. The molecular formula is C17H20N6OS. The van der Waals surface area contributed by atoms with Gasteiger partial charge in [0.25, 0.3) is 5.91 Å². The van der Waals surface area contributed by atoms with Gasteiger partial charge >= 0.3 is 0 Å². The van der Waals surface area contributed by atoms with Crippen molar-refractivity contribution in [1.82, 2.24) is 30.1 Å². The molecule has 0 spiro atoms. The van der Waals surface area contributed by atoms with Gasteiger partial charge in [0, 0.05) is 17.5 Å². The third-order valence-corrected chi connectivity index (χ3v) is 5.23. The van der Waals surface area contributed by atoms with Gasteiger partial charge in [0.05, 0.1) is 6.04 Å². The Labute approximate surface area is 149 Å². The average Bonchev–Trinajstić information content (AvgIpc) is 3.33. The number of carbonyl (C=O) groups excluding carboxylic acids is 1. The number of pyridine rings is 1. The van der Waals surface area contributed by atoms with Gasteiger partial charge in [0.1, 0.15) is 0 Å². The van der Waals surface area contributed by atoms with E-state index < -0.39 is 0 Å². The van der Waals surface area contributed by atoms with E-state index in [1.165, 1.54) is 0 Å². The van der Waals surface area contributed by atoms with Crippen LogP contribution < -0.4 is 5.32 Å². The minimum Gasteiger partial charge on any atom is -0.341 e. The topological polar surface area (TPSA) is 88.0 Å². The van der Waals surface area contributed by atoms with Crippen molar-refractivity contribution in [3.8, 4) is 0 Å². The number of aryl methyl sites for hydroxylation is 1. The molecular weight excluding hydrogens is 336 g/mol. The zero-order valence-electron chi connectivity index (χ0n) is 14.0. The van der Waals surface area contributed by atoms with Crippen molar-refractivity contribution in [3.63, 3.8) is 0 Å². The van der Waals surface area contributed by atoms with Crippen molar-refractivity contribution in [3.05, 3.63) is 47.2 Å². The first-order valence-electron chi connectivity index (χ1n) is 8.43. The molecule has 0 unspecified atom stereocenters. The average molecular weight is 356 g/mol. The molecule has 4 rings (SSSR count). The predicted molar refractivity (Wildman–Crippen MR) is 96.8 cm³/mol. The minimum atomic E-state index is -0.203. The zero-order valence-corrected chi connectivity index (χ0v) is 14.8. The Morgan fingerprint density at radius 2 is 2.32 bits per heavy atom. The molecule has 1 aliphatic carbocycles. The van der Waals surface area contributed by atoms with Crippen LogP contribution in [0, 0.1) is 0 Å². The number of amides is 1. The van der Waals surface area contributed by atoms with E-state index in [2.05, 4.69) is 32.0 Å². The first kappa shape index (κ1) is 16.1. The van der Waals surface area contributed by atoms with Crippen molar-refractivity contribution >= 4 is 23.3 Å². The lowest BCUT2D eigenvalue weighted by atomic mass is 10.1. The maximum absolute atomic E-state index is 12.8. The lowest BCUT2D eigenvalue weighted by Gasteiger charge is -2.16. The van der Waals surface area contributed by atoms with Gasteiger partial charge in [0.15, 0.2) is 17.2 Å². The molecule has 0 aromatic carbocycles. The number of aromatic amines is 1. The Morgan fingerprint density at radius 3 is 3.20 bits per heavy atom. The number of fused-ring (bicyclic) bond motifs is 2. The lowest BCUT2D eigenvalue weighted by molar-refractivity contribution is 0.0927. The number of aromatic nitrogens is 5. The molecule has 1 atom stereocenters. The highest BCUT2D eigenvalue weighted by Gasteiger charge is 2.26. The predicted octanol–water partition coefficient (Wildman–Crippen LogP) is 2.17. The molecule has 0 bridgehead atoms. The summed E-state index contributed by atoms with van der Waals surface area (Å²) in [5, 5.41) is 18.9. The van der Waals surface area contributed by atoms with Gasteiger partial charge in [-0.15, -0.1) is 10.2 Å². The number of thioether (sulfide) groups is 1. The molecule has 3 aromatic heterocycles.